The van der Waals surface area contributed by atoms with Crippen molar-refractivity contribution in [2.45, 2.75) is 44.4 Å². The fraction of sp³-hybridized carbons (Fsp3) is 0.400. The van der Waals surface area contributed by atoms with Crippen LogP contribution in [0.3, 0.4) is 0 Å². The molecule has 0 radical (unpaired) electrons. The predicted molar refractivity (Wildman–Crippen MR) is 95.2 cm³/mol. The second kappa shape index (κ2) is 7.64. The molecule has 1 heterocycles. The van der Waals surface area contributed by atoms with E-state index >= 15 is 0 Å². The summed E-state index contributed by atoms with van der Waals surface area (Å²) in [6.45, 7) is 2.63. The molecule has 1 aromatic carbocycles. The van der Waals surface area contributed by atoms with Gasteiger partial charge in [0.1, 0.15) is 5.82 Å². The Balaban J connectivity index is 1.79. The number of hydrogen-bond acceptors (Lipinski definition) is 3. The summed E-state index contributed by atoms with van der Waals surface area (Å²) in [5.41, 5.74) is 0.278. The van der Waals surface area contributed by atoms with E-state index in [0.717, 1.165) is 19.3 Å². The van der Waals surface area contributed by atoms with Gasteiger partial charge in [-0.2, -0.15) is 0 Å². The van der Waals surface area contributed by atoms with Crippen LogP contribution in [0.5, 0.6) is 5.88 Å². The van der Waals surface area contributed by atoms with Gasteiger partial charge in [-0.05, 0) is 31.4 Å². The lowest BCUT2D eigenvalue weighted by molar-refractivity contribution is -0.121. The number of carbonyl (C=O) groups excluding carboxylic acids is 1. The van der Waals surface area contributed by atoms with Crippen LogP contribution in [-0.4, -0.2) is 17.5 Å². The average molecular weight is 342 g/mol. The normalized spacial score (nSPS) is 15.8. The van der Waals surface area contributed by atoms with E-state index in [4.69, 9.17) is 4.74 Å². The maximum atomic E-state index is 14.3. The number of nitrogens with one attached hydrogen (secondary N) is 1. The Hall–Kier alpha value is -2.43. The van der Waals surface area contributed by atoms with E-state index in [9.17, 15) is 9.18 Å². The topological polar surface area (TPSA) is 51.2 Å². The standard InChI is InChI=1S/C20H23FN2O2/c1-2-13-25-18-10-9-15(14-22-18)23-19(24)20(11-5-6-12-20)16-7-3-4-8-17(16)21/h3-4,7-10,14H,2,5-6,11-13H2,1H3,(H,23,24). The van der Waals surface area contributed by atoms with E-state index in [1.807, 2.05) is 6.92 Å². The lowest BCUT2D eigenvalue weighted by Gasteiger charge is -2.28. The van der Waals surface area contributed by atoms with Crippen LogP contribution >= 0.6 is 0 Å². The number of rotatable bonds is 6. The third-order valence-corrected chi connectivity index (χ3v) is 4.73. The molecule has 0 atom stereocenters. The van der Waals surface area contributed by atoms with Crippen LogP contribution < -0.4 is 10.1 Å². The van der Waals surface area contributed by atoms with Crippen molar-refractivity contribution < 1.29 is 13.9 Å². The zero-order valence-electron chi connectivity index (χ0n) is 14.4. The molecular weight excluding hydrogens is 319 g/mol. The van der Waals surface area contributed by atoms with Gasteiger partial charge in [-0.25, -0.2) is 9.37 Å². The Labute approximate surface area is 147 Å². The van der Waals surface area contributed by atoms with E-state index in [1.54, 1.807) is 36.5 Å². The maximum Gasteiger partial charge on any atom is 0.235 e. The highest BCUT2D eigenvalue weighted by Gasteiger charge is 2.44. The third kappa shape index (κ3) is 3.65. The third-order valence-electron chi connectivity index (χ3n) is 4.73. The van der Waals surface area contributed by atoms with Gasteiger partial charge in [0.05, 0.1) is 23.9 Å². The minimum Gasteiger partial charge on any atom is -0.478 e. The van der Waals surface area contributed by atoms with Gasteiger partial charge in [0, 0.05) is 11.6 Å². The number of aromatic nitrogens is 1. The maximum absolute atomic E-state index is 14.3. The molecule has 0 bridgehead atoms. The summed E-state index contributed by atoms with van der Waals surface area (Å²) >= 11 is 0. The van der Waals surface area contributed by atoms with E-state index in [0.29, 0.717) is 36.6 Å². The molecular formula is C20H23FN2O2. The van der Waals surface area contributed by atoms with E-state index in [2.05, 4.69) is 10.3 Å². The van der Waals surface area contributed by atoms with Gasteiger partial charge in [0.2, 0.25) is 11.8 Å². The largest absolute Gasteiger partial charge is 0.478 e. The minimum atomic E-state index is -0.803. The van der Waals surface area contributed by atoms with Gasteiger partial charge in [0.15, 0.2) is 0 Å². The molecule has 5 heteroatoms. The SMILES string of the molecule is CCCOc1ccc(NC(=O)C2(c3ccccc3F)CCCC2)cn1. The molecule has 1 saturated carbocycles. The summed E-state index contributed by atoms with van der Waals surface area (Å²) in [5.74, 6) is 0.0460. The zero-order valence-corrected chi connectivity index (χ0v) is 14.4. The number of hydrogen-bond donors (Lipinski definition) is 1. The van der Waals surface area contributed by atoms with Crippen molar-refractivity contribution in [3.8, 4) is 5.88 Å². The van der Waals surface area contributed by atoms with Gasteiger partial charge in [-0.15, -0.1) is 0 Å². The quantitative estimate of drug-likeness (QED) is 0.843. The number of ether oxygens (including phenoxy) is 1. The van der Waals surface area contributed by atoms with Crippen molar-refractivity contribution in [3.63, 3.8) is 0 Å². The van der Waals surface area contributed by atoms with Crippen LogP contribution in [0, 0.1) is 5.82 Å². The van der Waals surface area contributed by atoms with Crippen LogP contribution in [0.4, 0.5) is 10.1 Å². The van der Waals surface area contributed by atoms with Gasteiger partial charge in [0.25, 0.3) is 0 Å². The lowest BCUT2D eigenvalue weighted by Crippen LogP contribution is -2.38. The second-order valence-electron chi connectivity index (χ2n) is 6.46. The van der Waals surface area contributed by atoms with Gasteiger partial charge < -0.3 is 10.1 Å². The van der Waals surface area contributed by atoms with Gasteiger partial charge in [-0.1, -0.05) is 38.0 Å². The van der Waals surface area contributed by atoms with Gasteiger partial charge >= 0.3 is 0 Å². The Kier molecular flexibility index (Phi) is 5.31. The molecule has 132 valence electrons. The monoisotopic (exact) mass is 342 g/mol. The van der Waals surface area contributed by atoms with Crippen LogP contribution in [0.15, 0.2) is 42.6 Å². The Morgan fingerprint density at radius 3 is 2.64 bits per heavy atom. The van der Waals surface area contributed by atoms with Crippen LogP contribution in [0.25, 0.3) is 0 Å². The first-order valence-corrected chi connectivity index (χ1v) is 8.81. The summed E-state index contributed by atoms with van der Waals surface area (Å²) in [7, 11) is 0. The van der Waals surface area contributed by atoms with Crippen molar-refractivity contribution in [3.05, 3.63) is 54.0 Å². The van der Waals surface area contributed by atoms with Crippen molar-refractivity contribution in [1.82, 2.24) is 4.98 Å². The molecule has 1 fully saturated rings. The number of nitrogens with zero attached hydrogens (tertiary/aromatic N) is 1. The molecule has 0 unspecified atom stereocenters. The Morgan fingerprint density at radius 2 is 2.00 bits per heavy atom. The van der Waals surface area contributed by atoms with Crippen LogP contribution in [0.2, 0.25) is 0 Å². The number of anilines is 1. The molecule has 25 heavy (non-hydrogen) atoms. The summed E-state index contributed by atoms with van der Waals surface area (Å²) in [6.07, 6.45) is 5.64. The van der Waals surface area contributed by atoms with Crippen molar-refractivity contribution >= 4 is 11.6 Å². The molecule has 1 aromatic heterocycles. The Bertz CT molecular complexity index is 725. The van der Waals surface area contributed by atoms with Crippen molar-refractivity contribution in [1.29, 1.82) is 0 Å². The van der Waals surface area contributed by atoms with Crippen molar-refractivity contribution in [2.75, 3.05) is 11.9 Å². The highest BCUT2D eigenvalue weighted by Crippen LogP contribution is 2.43. The second-order valence-corrected chi connectivity index (χ2v) is 6.46. The molecule has 0 spiro atoms. The molecule has 3 rings (SSSR count). The predicted octanol–water partition coefficient (Wildman–Crippen LogP) is 4.46. The van der Waals surface area contributed by atoms with Gasteiger partial charge in [-0.3, -0.25) is 4.79 Å². The first-order chi connectivity index (χ1) is 12.2. The number of pyridine rings is 1. The van der Waals surface area contributed by atoms with Crippen LogP contribution in [0.1, 0.15) is 44.6 Å². The molecule has 1 N–H and O–H groups in total. The minimum absolute atomic E-state index is 0.167. The van der Waals surface area contributed by atoms with Crippen molar-refractivity contribution in [2.24, 2.45) is 0 Å². The fourth-order valence-corrected chi connectivity index (χ4v) is 3.44. The number of amides is 1. The highest BCUT2D eigenvalue weighted by atomic mass is 19.1. The highest BCUT2D eigenvalue weighted by molar-refractivity contribution is 5.99. The molecule has 0 aliphatic heterocycles. The summed E-state index contributed by atoms with van der Waals surface area (Å²) in [6, 6.07) is 10.1. The Morgan fingerprint density at radius 1 is 1.24 bits per heavy atom. The summed E-state index contributed by atoms with van der Waals surface area (Å²) in [5, 5.41) is 2.91. The number of halogens is 1. The first-order valence-electron chi connectivity index (χ1n) is 8.81. The van der Waals surface area contributed by atoms with Crippen LogP contribution in [-0.2, 0) is 10.2 Å². The van der Waals surface area contributed by atoms with E-state index in [-0.39, 0.29) is 11.7 Å². The summed E-state index contributed by atoms with van der Waals surface area (Å²) < 4.78 is 19.8. The van der Waals surface area contributed by atoms with E-state index in [1.165, 1.54) is 6.07 Å². The number of carbonyl (C=O) groups is 1. The smallest absolute Gasteiger partial charge is 0.235 e. The molecule has 1 amide bonds. The summed E-state index contributed by atoms with van der Waals surface area (Å²) in [4.78, 5) is 17.2. The first kappa shape index (κ1) is 17.4. The molecule has 2 aromatic rings. The molecule has 0 saturated heterocycles. The average Bonchev–Trinajstić information content (AvgIpc) is 3.12. The molecule has 4 nitrogen and oxygen atoms in total. The van der Waals surface area contributed by atoms with E-state index < -0.39 is 5.41 Å². The fourth-order valence-electron chi connectivity index (χ4n) is 3.44. The lowest BCUT2D eigenvalue weighted by atomic mass is 9.77. The molecule has 1 aliphatic carbocycles. The molecule has 1 aliphatic rings. The zero-order chi connectivity index (χ0) is 17.7. The number of benzene rings is 1.